The molecule has 0 spiro atoms. The number of hydrogen-bond donors (Lipinski definition) is 4. The van der Waals surface area contributed by atoms with Crippen molar-refractivity contribution in [2.45, 2.75) is 36.6 Å². The molecule has 0 amide bonds. The van der Waals surface area contributed by atoms with E-state index in [2.05, 4.69) is 54.4 Å². The zero-order chi connectivity index (χ0) is 31.2. The van der Waals surface area contributed by atoms with Crippen LogP contribution in [0.1, 0.15) is 18.7 Å². The number of ether oxygens (including phenoxy) is 1. The van der Waals surface area contributed by atoms with Gasteiger partial charge in [0.25, 0.3) is 6.57 Å². The maximum absolute atomic E-state index is 16.3. The molecule has 5 aromatic heterocycles. The molecule has 17 nitrogen and oxygen atoms in total. The third kappa shape index (κ3) is 4.76. The first-order chi connectivity index (χ1) is 21.5. The minimum atomic E-state index is -4.03. The van der Waals surface area contributed by atoms with Crippen molar-refractivity contribution in [3.63, 3.8) is 0 Å². The van der Waals surface area contributed by atoms with E-state index in [1.165, 1.54) is 17.2 Å². The number of anilines is 1. The van der Waals surface area contributed by atoms with Crippen LogP contribution in [0.5, 0.6) is 5.88 Å². The lowest BCUT2D eigenvalue weighted by molar-refractivity contribution is -0.0356. The predicted molar refractivity (Wildman–Crippen MR) is 162 cm³/mol. The molecule has 22 heteroatoms. The molecule has 238 valence electrons. The quantitative estimate of drug-likeness (QED) is 0.154. The molecule has 3 N–H and O–H groups in total. The first-order valence-corrected chi connectivity index (χ1v) is 19.3. The Morgan fingerprint density at radius 2 is 1.78 bits per heavy atom. The van der Waals surface area contributed by atoms with Crippen LogP contribution in [0.15, 0.2) is 31.4 Å². The lowest BCUT2D eigenvalue weighted by Gasteiger charge is -2.45. The van der Waals surface area contributed by atoms with E-state index in [0.29, 0.717) is 12.1 Å². The number of alkyl halides is 1. The average molecular weight is 699 g/mol. The van der Waals surface area contributed by atoms with E-state index < -0.39 is 44.1 Å². The summed E-state index contributed by atoms with van der Waals surface area (Å²) in [5.74, 6) is -0.500. The highest BCUT2D eigenvalue weighted by atomic mass is 32.7. The average Bonchev–Trinajstić information content (AvgIpc) is 3.76. The number of nitrogen functional groups attached to an aromatic ring is 1. The van der Waals surface area contributed by atoms with E-state index in [-0.39, 0.29) is 65.2 Å². The summed E-state index contributed by atoms with van der Waals surface area (Å²) in [6, 6.07) is -0.267. The van der Waals surface area contributed by atoms with Crippen molar-refractivity contribution in [2.75, 3.05) is 25.6 Å². The topological polar surface area (TPSA) is 209 Å². The maximum atomic E-state index is 16.3. The summed E-state index contributed by atoms with van der Waals surface area (Å²) in [4.78, 5) is 24.8. The number of thiol groups is 2. The summed E-state index contributed by atoms with van der Waals surface area (Å²) in [6.07, 6.45) is 3.35. The van der Waals surface area contributed by atoms with Gasteiger partial charge in [-0.2, -0.15) is 4.98 Å². The molecular weight excluding hydrogens is 673 g/mol. The summed E-state index contributed by atoms with van der Waals surface area (Å²) >= 11 is 8.51. The van der Waals surface area contributed by atoms with Gasteiger partial charge in [0.1, 0.15) is 17.5 Å². The van der Waals surface area contributed by atoms with Crippen molar-refractivity contribution in [3.05, 3.63) is 31.4 Å². The van der Waals surface area contributed by atoms with Crippen LogP contribution in [-0.4, -0.2) is 86.3 Å². The first-order valence-electron chi connectivity index (χ1n) is 13.7. The molecule has 8 rings (SSSR count). The largest absolute Gasteiger partial charge is 0.492 e. The number of halogens is 1. The summed E-state index contributed by atoms with van der Waals surface area (Å²) < 4.78 is 71.6. The Morgan fingerprint density at radius 3 is 2.62 bits per heavy atom. The predicted octanol–water partition coefficient (Wildman–Crippen LogP) is 3.21. The molecule has 5 aromatic rings. The third-order valence-corrected chi connectivity index (χ3v) is 13.4. The van der Waals surface area contributed by atoms with Crippen molar-refractivity contribution in [1.82, 2.24) is 43.4 Å². The molecule has 2 unspecified atom stereocenters. The van der Waals surface area contributed by atoms with Gasteiger partial charge < -0.3 is 29.2 Å². The molecule has 3 fully saturated rings. The van der Waals surface area contributed by atoms with E-state index >= 15 is 4.39 Å². The molecule has 7 heterocycles. The fraction of sp³-hybridized carbons (Fsp3) is 0.478. The second-order valence-electron chi connectivity index (χ2n) is 11.1. The Labute approximate surface area is 263 Å². The molecule has 45 heavy (non-hydrogen) atoms. The minimum Gasteiger partial charge on any atom is -0.492 e. The van der Waals surface area contributed by atoms with Crippen LogP contribution >= 0.6 is 37.9 Å². The Balaban J connectivity index is 1.10. The molecule has 3 aliphatic rings. The van der Waals surface area contributed by atoms with Gasteiger partial charge in [-0.05, 0) is 12.3 Å². The van der Waals surface area contributed by atoms with Crippen LogP contribution in [0.3, 0.4) is 0 Å². The molecule has 9 atom stereocenters. The highest BCUT2D eigenvalue weighted by Crippen LogP contribution is 2.65. The number of aromatic hydroxyl groups is 1. The van der Waals surface area contributed by atoms with Gasteiger partial charge >= 0.3 is 6.80 Å². The van der Waals surface area contributed by atoms with Gasteiger partial charge in [0.05, 0.1) is 38.6 Å². The smallest absolute Gasteiger partial charge is 0.386 e. The summed E-state index contributed by atoms with van der Waals surface area (Å²) in [5, 5.41) is 10.4. The summed E-state index contributed by atoms with van der Waals surface area (Å²) in [6.45, 7) is -8.63. The van der Waals surface area contributed by atoms with Gasteiger partial charge in [-0.1, -0.05) is 24.5 Å². The fourth-order valence-electron chi connectivity index (χ4n) is 6.41. The van der Waals surface area contributed by atoms with Crippen LogP contribution in [0, 0.1) is 11.8 Å². The van der Waals surface area contributed by atoms with Gasteiger partial charge in [-0.3, -0.25) is 18.1 Å². The van der Waals surface area contributed by atoms with E-state index in [0.717, 1.165) is 0 Å². The van der Waals surface area contributed by atoms with E-state index in [4.69, 9.17) is 24.0 Å². The van der Waals surface area contributed by atoms with Gasteiger partial charge in [0.15, 0.2) is 35.0 Å². The van der Waals surface area contributed by atoms with Crippen LogP contribution in [0.4, 0.5) is 10.2 Å². The lowest BCUT2D eigenvalue weighted by Crippen LogP contribution is -2.44. The number of imidazole rings is 3. The number of hydrogen-bond acceptors (Lipinski definition) is 14. The van der Waals surface area contributed by atoms with E-state index in [9.17, 15) is 14.2 Å². The highest BCUT2D eigenvalue weighted by molar-refractivity contribution is 8.46. The number of nitrogens with two attached hydrogens (primary N) is 1. The Morgan fingerprint density at radius 1 is 1.00 bits per heavy atom. The van der Waals surface area contributed by atoms with Gasteiger partial charge in [-0.25, -0.2) is 33.9 Å². The Kier molecular flexibility index (Phi) is 6.96. The van der Waals surface area contributed by atoms with Gasteiger partial charge in [-0.15, -0.1) is 0 Å². The number of fused-ring (bicyclic) bond motifs is 6. The van der Waals surface area contributed by atoms with Crippen molar-refractivity contribution in [3.8, 4) is 5.88 Å². The van der Waals surface area contributed by atoms with E-state index in [1.807, 2.05) is 4.57 Å². The summed E-state index contributed by atoms with van der Waals surface area (Å²) in [5.41, 5.74) is 5.75. The number of rotatable bonds is 2. The first kappa shape index (κ1) is 29.6. The molecule has 2 aliphatic heterocycles. The normalized spacial score (nSPS) is 35.9. The van der Waals surface area contributed by atoms with Crippen molar-refractivity contribution in [1.29, 1.82) is 0 Å². The molecule has 1 saturated carbocycles. The van der Waals surface area contributed by atoms with Crippen LogP contribution < -0.4 is 5.73 Å². The molecule has 1 aliphatic carbocycles. The molecular formula is C23H25FN10O7P2S2. The zero-order valence-corrected chi connectivity index (χ0v) is 26.5. The molecule has 2 saturated heterocycles. The maximum Gasteiger partial charge on any atom is 0.386 e. The second-order valence-corrected chi connectivity index (χ2v) is 17.7. The third-order valence-electron chi connectivity index (χ3n) is 8.67. The van der Waals surface area contributed by atoms with Crippen molar-refractivity contribution < 1.29 is 36.9 Å². The van der Waals surface area contributed by atoms with Crippen LogP contribution in [-0.2, 0) is 27.4 Å². The van der Waals surface area contributed by atoms with E-state index in [1.54, 1.807) is 23.1 Å². The van der Waals surface area contributed by atoms with Crippen LogP contribution in [0.25, 0.3) is 28.1 Å². The second kappa shape index (κ2) is 10.6. The van der Waals surface area contributed by atoms with Gasteiger partial charge in [0.2, 0.25) is 11.7 Å². The molecule has 0 aromatic carbocycles. The fourth-order valence-corrected chi connectivity index (χ4v) is 10.3. The number of aromatic nitrogens is 9. The zero-order valence-electron chi connectivity index (χ0n) is 22.9. The monoisotopic (exact) mass is 698 g/mol. The molecule has 0 radical (unpaired) electrons. The van der Waals surface area contributed by atoms with Crippen molar-refractivity contribution in [2.24, 2.45) is 11.8 Å². The SMILES string of the molecule is Nc1ncnc2c1ncn2[C@@H]1O[C@@H]2COP(=O)(S)OC[C@@H]3[C@@H](COP(=O)(S)[C@H]2[C@H]1F)C[C@H]3n1cnc2c(O)nc3nccn3c21. The van der Waals surface area contributed by atoms with Crippen LogP contribution in [0.2, 0.25) is 0 Å². The summed E-state index contributed by atoms with van der Waals surface area (Å²) in [7, 11) is 0. The Bertz CT molecular complexity index is 2060. The van der Waals surface area contributed by atoms with Crippen molar-refractivity contribution >= 4 is 71.8 Å². The van der Waals surface area contributed by atoms with Gasteiger partial charge in [0, 0.05) is 24.4 Å². The standard InChI is InChI=1S/C23H25FN10O7P2S2/c24-14-17-13(41-22(14)34-9-29-15-18(25)27-7-28-19(15)34)6-40-43(37,45)39-5-11-10(4-38-42(17,36)44)3-12(11)33-8-30-16-20(35)31-23-26-1-2-32(23)21(16)33/h1-2,7-14,17,22H,3-6H2,(H,36,44)(H,37,45)(H2,25,27,28)(H,26,31,35)/t10-,11-,12-,13-,14-,17-,22-,42?,43?/m1/s1. The highest BCUT2D eigenvalue weighted by Gasteiger charge is 2.56. The minimum absolute atomic E-state index is 0.0542. The lowest BCUT2D eigenvalue weighted by atomic mass is 9.70. The Hall–Kier alpha value is -2.83. The molecule has 0 bridgehead atoms. The number of nitrogens with zero attached hydrogens (tertiary/aromatic N) is 9.